The number of carbonyl (C=O) groups is 1. The summed E-state index contributed by atoms with van der Waals surface area (Å²) in [4.78, 5) is 11.8. The lowest BCUT2D eigenvalue weighted by Gasteiger charge is -2.25. The molecular formula is C12H22N2O2. The zero-order valence-corrected chi connectivity index (χ0v) is 9.84. The van der Waals surface area contributed by atoms with Gasteiger partial charge in [0.2, 0.25) is 0 Å². The van der Waals surface area contributed by atoms with Crippen molar-refractivity contribution in [2.75, 3.05) is 32.8 Å². The predicted molar refractivity (Wildman–Crippen MR) is 62.1 cm³/mol. The fourth-order valence-electron chi connectivity index (χ4n) is 2.44. The molecule has 0 bridgehead atoms. The lowest BCUT2D eigenvalue weighted by molar-refractivity contribution is -0.150. The average molecular weight is 226 g/mol. The molecule has 0 aromatic carbocycles. The summed E-state index contributed by atoms with van der Waals surface area (Å²) in [7, 11) is 0. The molecule has 0 unspecified atom stereocenters. The minimum absolute atomic E-state index is 0.00206. The molecule has 0 aromatic heterocycles. The molecule has 0 aliphatic carbocycles. The van der Waals surface area contributed by atoms with Gasteiger partial charge < -0.3 is 15.4 Å². The molecule has 2 saturated heterocycles. The van der Waals surface area contributed by atoms with E-state index in [4.69, 9.17) is 4.74 Å². The van der Waals surface area contributed by atoms with Crippen LogP contribution in [-0.2, 0) is 9.53 Å². The highest BCUT2D eigenvalue weighted by Gasteiger charge is 2.23. The molecule has 92 valence electrons. The van der Waals surface area contributed by atoms with Crippen LogP contribution in [0.15, 0.2) is 0 Å². The lowest BCUT2D eigenvalue weighted by atomic mass is 9.99. The largest absolute Gasteiger partial charge is 0.465 e. The highest BCUT2D eigenvalue weighted by molar-refractivity contribution is 5.72. The lowest BCUT2D eigenvalue weighted by Crippen LogP contribution is -2.37. The van der Waals surface area contributed by atoms with Crippen LogP contribution in [0.5, 0.6) is 0 Å². The van der Waals surface area contributed by atoms with E-state index in [1.807, 2.05) is 0 Å². The summed E-state index contributed by atoms with van der Waals surface area (Å²) in [5.74, 6) is 0.609. The normalized spacial score (nSPS) is 31.0. The Morgan fingerprint density at radius 2 is 1.88 bits per heavy atom. The number of rotatable bonds is 3. The SMILES string of the molecule is O=C(OC[C@@H]1CCCNC1)[C@@H]1CCCNC1. The number of hydrogen-bond acceptors (Lipinski definition) is 4. The molecule has 0 spiro atoms. The smallest absolute Gasteiger partial charge is 0.310 e. The van der Waals surface area contributed by atoms with Crippen LogP contribution >= 0.6 is 0 Å². The van der Waals surface area contributed by atoms with E-state index in [-0.39, 0.29) is 11.9 Å². The summed E-state index contributed by atoms with van der Waals surface area (Å²) >= 11 is 0. The van der Waals surface area contributed by atoms with Crippen molar-refractivity contribution in [1.82, 2.24) is 10.6 Å². The van der Waals surface area contributed by atoms with Gasteiger partial charge in [0, 0.05) is 19.0 Å². The van der Waals surface area contributed by atoms with Crippen molar-refractivity contribution in [2.45, 2.75) is 25.7 Å². The number of hydrogen-bond donors (Lipinski definition) is 2. The van der Waals surface area contributed by atoms with Crippen LogP contribution in [0.2, 0.25) is 0 Å². The van der Waals surface area contributed by atoms with Crippen molar-refractivity contribution in [3.63, 3.8) is 0 Å². The van der Waals surface area contributed by atoms with Gasteiger partial charge in [-0.2, -0.15) is 0 Å². The van der Waals surface area contributed by atoms with Crippen molar-refractivity contribution < 1.29 is 9.53 Å². The second-order valence-electron chi connectivity index (χ2n) is 4.89. The summed E-state index contributed by atoms with van der Waals surface area (Å²) in [6, 6.07) is 0. The number of piperidine rings is 2. The summed E-state index contributed by atoms with van der Waals surface area (Å²) < 4.78 is 5.40. The molecule has 2 fully saturated rings. The van der Waals surface area contributed by atoms with Gasteiger partial charge >= 0.3 is 5.97 Å². The highest BCUT2D eigenvalue weighted by atomic mass is 16.5. The predicted octanol–water partition coefficient (Wildman–Crippen LogP) is 0.529. The van der Waals surface area contributed by atoms with Gasteiger partial charge in [0.25, 0.3) is 0 Å². The third-order valence-corrected chi connectivity index (χ3v) is 3.49. The third-order valence-electron chi connectivity index (χ3n) is 3.49. The number of carbonyl (C=O) groups excluding carboxylic acids is 1. The van der Waals surface area contributed by atoms with E-state index >= 15 is 0 Å². The van der Waals surface area contributed by atoms with Crippen LogP contribution in [-0.4, -0.2) is 38.8 Å². The molecule has 2 aliphatic heterocycles. The van der Waals surface area contributed by atoms with E-state index in [0.29, 0.717) is 12.5 Å². The van der Waals surface area contributed by atoms with Gasteiger partial charge in [-0.05, 0) is 38.8 Å². The van der Waals surface area contributed by atoms with Crippen LogP contribution in [0.4, 0.5) is 0 Å². The Balaban J connectivity index is 1.65. The summed E-state index contributed by atoms with van der Waals surface area (Å²) in [6.45, 7) is 4.54. The van der Waals surface area contributed by atoms with Gasteiger partial charge in [0.15, 0.2) is 0 Å². The summed E-state index contributed by atoms with van der Waals surface area (Å²) in [5.41, 5.74) is 0. The Bertz CT molecular complexity index is 221. The molecule has 2 aliphatic rings. The first-order valence-corrected chi connectivity index (χ1v) is 6.44. The molecule has 0 aromatic rings. The Morgan fingerprint density at radius 3 is 2.50 bits per heavy atom. The second kappa shape index (κ2) is 6.21. The zero-order valence-electron chi connectivity index (χ0n) is 9.84. The maximum absolute atomic E-state index is 11.8. The van der Waals surface area contributed by atoms with Crippen molar-refractivity contribution in [2.24, 2.45) is 11.8 Å². The van der Waals surface area contributed by atoms with E-state index in [0.717, 1.165) is 39.0 Å². The fourth-order valence-corrected chi connectivity index (χ4v) is 2.44. The Labute approximate surface area is 97.1 Å². The van der Waals surface area contributed by atoms with Crippen molar-refractivity contribution in [1.29, 1.82) is 0 Å². The summed E-state index contributed by atoms with van der Waals surface area (Å²) in [5, 5.41) is 6.57. The maximum atomic E-state index is 11.8. The van der Waals surface area contributed by atoms with E-state index < -0.39 is 0 Å². The van der Waals surface area contributed by atoms with E-state index in [1.165, 1.54) is 12.8 Å². The molecular weight excluding hydrogens is 204 g/mol. The Morgan fingerprint density at radius 1 is 1.12 bits per heavy atom. The van der Waals surface area contributed by atoms with Gasteiger partial charge in [-0.25, -0.2) is 0 Å². The molecule has 2 N–H and O–H groups in total. The molecule has 16 heavy (non-hydrogen) atoms. The van der Waals surface area contributed by atoms with Crippen LogP contribution in [0, 0.1) is 11.8 Å². The quantitative estimate of drug-likeness (QED) is 0.689. The zero-order chi connectivity index (χ0) is 11.2. The second-order valence-corrected chi connectivity index (χ2v) is 4.89. The topological polar surface area (TPSA) is 50.4 Å². The van der Waals surface area contributed by atoms with Crippen molar-refractivity contribution >= 4 is 5.97 Å². The minimum Gasteiger partial charge on any atom is -0.465 e. The number of ether oxygens (including phenoxy) is 1. The van der Waals surface area contributed by atoms with Crippen LogP contribution in [0.1, 0.15) is 25.7 Å². The van der Waals surface area contributed by atoms with Crippen LogP contribution < -0.4 is 10.6 Å². The third kappa shape index (κ3) is 3.46. The number of nitrogens with one attached hydrogen (secondary N) is 2. The van der Waals surface area contributed by atoms with E-state index in [2.05, 4.69) is 10.6 Å². The summed E-state index contributed by atoms with van der Waals surface area (Å²) in [6.07, 6.45) is 4.45. The van der Waals surface area contributed by atoms with E-state index in [1.54, 1.807) is 0 Å². The van der Waals surface area contributed by atoms with Crippen molar-refractivity contribution in [3.8, 4) is 0 Å². The monoisotopic (exact) mass is 226 g/mol. The average Bonchev–Trinajstić information content (AvgIpc) is 2.38. The molecule has 0 amide bonds. The molecule has 0 saturated carbocycles. The first kappa shape index (κ1) is 11.9. The van der Waals surface area contributed by atoms with Gasteiger partial charge in [-0.1, -0.05) is 0 Å². The fraction of sp³-hybridized carbons (Fsp3) is 0.917. The minimum atomic E-state index is -0.00206. The highest BCUT2D eigenvalue weighted by Crippen LogP contribution is 2.14. The molecule has 2 rings (SSSR count). The van der Waals surface area contributed by atoms with Gasteiger partial charge in [-0.3, -0.25) is 4.79 Å². The number of esters is 1. The Kier molecular flexibility index (Phi) is 4.60. The molecule has 0 radical (unpaired) electrons. The van der Waals surface area contributed by atoms with Crippen LogP contribution in [0.25, 0.3) is 0 Å². The first-order valence-electron chi connectivity index (χ1n) is 6.44. The standard InChI is InChI=1S/C12H22N2O2/c15-12(11-4-2-6-14-8-11)16-9-10-3-1-5-13-7-10/h10-11,13-14H,1-9H2/t10-,11-/m1/s1. The Hall–Kier alpha value is -0.610. The van der Waals surface area contributed by atoms with Crippen LogP contribution in [0.3, 0.4) is 0 Å². The van der Waals surface area contributed by atoms with E-state index in [9.17, 15) is 4.79 Å². The molecule has 4 nitrogen and oxygen atoms in total. The van der Waals surface area contributed by atoms with Gasteiger partial charge in [0.05, 0.1) is 12.5 Å². The first-order chi connectivity index (χ1) is 7.86. The maximum Gasteiger partial charge on any atom is 0.310 e. The van der Waals surface area contributed by atoms with Gasteiger partial charge in [0.1, 0.15) is 0 Å². The molecule has 4 heteroatoms. The molecule has 2 heterocycles. The van der Waals surface area contributed by atoms with Gasteiger partial charge in [-0.15, -0.1) is 0 Å². The molecule has 2 atom stereocenters. The van der Waals surface area contributed by atoms with Crippen molar-refractivity contribution in [3.05, 3.63) is 0 Å².